The largest absolute Gasteiger partial charge is 0.399 e. The highest BCUT2D eigenvalue weighted by molar-refractivity contribution is 5.85. The van der Waals surface area contributed by atoms with Crippen LogP contribution in [0.25, 0.3) is 0 Å². The van der Waals surface area contributed by atoms with Crippen LogP contribution in [0.1, 0.15) is 5.56 Å². The van der Waals surface area contributed by atoms with Gasteiger partial charge in [0.1, 0.15) is 0 Å². The minimum absolute atomic E-state index is 0. The lowest BCUT2D eigenvalue weighted by molar-refractivity contribution is 1.15. The fourth-order valence-corrected chi connectivity index (χ4v) is 1.49. The Morgan fingerprint density at radius 3 is 2.24 bits per heavy atom. The van der Waals surface area contributed by atoms with E-state index in [1.807, 2.05) is 48.5 Å². The zero-order chi connectivity index (χ0) is 11.4. The highest BCUT2D eigenvalue weighted by Crippen LogP contribution is 2.13. The third-order valence-corrected chi connectivity index (χ3v) is 2.36. The van der Waals surface area contributed by atoms with Gasteiger partial charge in [0.05, 0.1) is 0 Å². The number of nitrogens with one attached hydrogen (secondary N) is 1. The molecule has 2 rings (SSSR count). The van der Waals surface area contributed by atoms with E-state index in [0.29, 0.717) is 0 Å². The SMILES string of the molecule is Cl.Nc1ccc(CNc2cccc(N)c2)cc1. The molecule has 90 valence electrons. The van der Waals surface area contributed by atoms with E-state index in [1.165, 1.54) is 5.56 Å². The van der Waals surface area contributed by atoms with Crippen molar-refractivity contribution in [1.29, 1.82) is 0 Å². The summed E-state index contributed by atoms with van der Waals surface area (Å²) in [6.45, 7) is 0.768. The molecule has 0 atom stereocenters. The Morgan fingerprint density at radius 1 is 0.882 bits per heavy atom. The van der Waals surface area contributed by atoms with E-state index in [0.717, 1.165) is 23.6 Å². The van der Waals surface area contributed by atoms with Gasteiger partial charge in [-0.25, -0.2) is 0 Å². The minimum Gasteiger partial charge on any atom is -0.399 e. The van der Waals surface area contributed by atoms with Crippen molar-refractivity contribution < 1.29 is 0 Å². The quantitative estimate of drug-likeness (QED) is 0.733. The third-order valence-electron chi connectivity index (χ3n) is 2.36. The van der Waals surface area contributed by atoms with Crippen LogP contribution in [-0.2, 0) is 6.54 Å². The third kappa shape index (κ3) is 3.89. The summed E-state index contributed by atoms with van der Waals surface area (Å²) in [4.78, 5) is 0. The molecule has 17 heavy (non-hydrogen) atoms. The lowest BCUT2D eigenvalue weighted by Gasteiger charge is -2.07. The second-order valence-corrected chi connectivity index (χ2v) is 3.72. The van der Waals surface area contributed by atoms with Crippen LogP contribution in [0.15, 0.2) is 48.5 Å². The maximum absolute atomic E-state index is 5.69. The molecule has 0 aliphatic carbocycles. The molecule has 0 fully saturated rings. The number of hydrogen-bond acceptors (Lipinski definition) is 3. The van der Waals surface area contributed by atoms with Gasteiger partial charge in [0.2, 0.25) is 0 Å². The summed E-state index contributed by atoms with van der Waals surface area (Å²) < 4.78 is 0. The molecular weight excluding hydrogens is 234 g/mol. The van der Waals surface area contributed by atoms with Gasteiger partial charge in [-0.15, -0.1) is 12.4 Å². The number of benzene rings is 2. The van der Waals surface area contributed by atoms with E-state index < -0.39 is 0 Å². The summed E-state index contributed by atoms with van der Waals surface area (Å²) in [5.41, 5.74) is 15.1. The van der Waals surface area contributed by atoms with E-state index in [9.17, 15) is 0 Å². The lowest BCUT2D eigenvalue weighted by Crippen LogP contribution is -2.00. The van der Waals surface area contributed by atoms with Crippen molar-refractivity contribution in [2.45, 2.75) is 6.54 Å². The van der Waals surface area contributed by atoms with Crippen LogP contribution in [0.5, 0.6) is 0 Å². The van der Waals surface area contributed by atoms with Gasteiger partial charge >= 0.3 is 0 Å². The number of nitrogens with two attached hydrogens (primary N) is 2. The second-order valence-electron chi connectivity index (χ2n) is 3.72. The molecule has 0 spiro atoms. The van der Waals surface area contributed by atoms with E-state index in [4.69, 9.17) is 11.5 Å². The molecule has 3 nitrogen and oxygen atoms in total. The van der Waals surface area contributed by atoms with Gasteiger partial charge in [-0.05, 0) is 35.9 Å². The van der Waals surface area contributed by atoms with Gasteiger partial charge in [0.25, 0.3) is 0 Å². The Kier molecular flexibility index (Phi) is 4.67. The zero-order valence-corrected chi connectivity index (χ0v) is 10.2. The molecule has 0 unspecified atom stereocenters. The molecule has 0 saturated carbocycles. The van der Waals surface area contributed by atoms with Crippen LogP contribution >= 0.6 is 12.4 Å². The van der Waals surface area contributed by atoms with Crippen LogP contribution in [-0.4, -0.2) is 0 Å². The molecule has 0 amide bonds. The summed E-state index contributed by atoms with van der Waals surface area (Å²) in [5, 5.41) is 3.30. The van der Waals surface area contributed by atoms with Gasteiger partial charge < -0.3 is 16.8 Å². The fraction of sp³-hybridized carbons (Fsp3) is 0.0769. The van der Waals surface area contributed by atoms with Crippen LogP contribution in [0.4, 0.5) is 17.1 Å². The van der Waals surface area contributed by atoms with Crippen molar-refractivity contribution in [3.05, 3.63) is 54.1 Å². The Hall–Kier alpha value is -1.87. The molecule has 0 saturated heterocycles. The summed E-state index contributed by atoms with van der Waals surface area (Å²) >= 11 is 0. The van der Waals surface area contributed by atoms with Crippen LogP contribution in [0, 0.1) is 0 Å². The number of halogens is 1. The highest BCUT2D eigenvalue weighted by Gasteiger charge is 1.94. The first-order chi connectivity index (χ1) is 7.74. The second kappa shape index (κ2) is 6.01. The van der Waals surface area contributed by atoms with Crippen molar-refractivity contribution in [2.75, 3.05) is 16.8 Å². The Balaban J connectivity index is 0.00000144. The van der Waals surface area contributed by atoms with E-state index >= 15 is 0 Å². The average Bonchev–Trinajstić information content (AvgIpc) is 2.28. The summed E-state index contributed by atoms with van der Waals surface area (Å²) in [5.74, 6) is 0. The highest BCUT2D eigenvalue weighted by atomic mass is 35.5. The summed E-state index contributed by atoms with van der Waals surface area (Å²) in [7, 11) is 0. The molecule has 0 heterocycles. The molecule has 0 aromatic heterocycles. The average molecular weight is 250 g/mol. The zero-order valence-electron chi connectivity index (χ0n) is 9.39. The van der Waals surface area contributed by atoms with Gasteiger partial charge in [-0.2, -0.15) is 0 Å². The first-order valence-corrected chi connectivity index (χ1v) is 5.18. The molecule has 0 bridgehead atoms. The van der Waals surface area contributed by atoms with Gasteiger partial charge in [0.15, 0.2) is 0 Å². The molecule has 0 radical (unpaired) electrons. The lowest BCUT2D eigenvalue weighted by atomic mass is 10.2. The van der Waals surface area contributed by atoms with Crippen LogP contribution < -0.4 is 16.8 Å². The minimum atomic E-state index is 0. The number of rotatable bonds is 3. The first-order valence-electron chi connectivity index (χ1n) is 5.18. The standard InChI is InChI=1S/C13H15N3.ClH/c14-11-6-4-10(5-7-11)9-16-13-3-1-2-12(15)8-13;/h1-8,16H,9,14-15H2;1H. The van der Waals surface area contributed by atoms with E-state index in [2.05, 4.69) is 5.32 Å². The molecular formula is C13H16ClN3. The molecule has 0 aliphatic heterocycles. The first kappa shape index (κ1) is 13.2. The predicted molar refractivity (Wildman–Crippen MR) is 76.3 cm³/mol. The molecule has 2 aromatic carbocycles. The Bertz CT molecular complexity index is 468. The van der Waals surface area contributed by atoms with Gasteiger partial charge in [-0.1, -0.05) is 18.2 Å². The summed E-state index contributed by atoms with van der Waals surface area (Å²) in [6.07, 6.45) is 0. The van der Waals surface area contributed by atoms with Gasteiger partial charge in [-0.3, -0.25) is 0 Å². The fourth-order valence-electron chi connectivity index (χ4n) is 1.49. The molecule has 0 aliphatic rings. The van der Waals surface area contributed by atoms with Crippen molar-refractivity contribution in [3.8, 4) is 0 Å². The van der Waals surface area contributed by atoms with E-state index in [-0.39, 0.29) is 12.4 Å². The van der Waals surface area contributed by atoms with Crippen molar-refractivity contribution in [3.63, 3.8) is 0 Å². The van der Waals surface area contributed by atoms with Gasteiger partial charge in [0, 0.05) is 23.6 Å². The Morgan fingerprint density at radius 2 is 1.59 bits per heavy atom. The smallest absolute Gasteiger partial charge is 0.0400 e. The maximum atomic E-state index is 5.69. The normalized spacial score (nSPS) is 9.41. The number of hydrogen-bond donors (Lipinski definition) is 3. The number of nitrogen functional groups attached to an aromatic ring is 2. The number of anilines is 3. The van der Waals surface area contributed by atoms with E-state index in [1.54, 1.807) is 0 Å². The molecule has 4 heteroatoms. The summed E-state index contributed by atoms with van der Waals surface area (Å²) in [6, 6.07) is 15.5. The van der Waals surface area contributed by atoms with Crippen LogP contribution in [0.2, 0.25) is 0 Å². The molecule has 5 N–H and O–H groups in total. The van der Waals surface area contributed by atoms with Crippen molar-refractivity contribution >= 4 is 29.5 Å². The Labute approximate surface area is 107 Å². The maximum Gasteiger partial charge on any atom is 0.0400 e. The van der Waals surface area contributed by atoms with Crippen LogP contribution in [0.3, 0.4) is 0 Å². The molecule has 2 aromatic rings. The van der Waals surface area contributed by atoms with Crippen molar-refractivity contribution in [2.24, 2.45) is 0 Å². The topological polar surface area (TPSA) is 64.1 Å². The monoisotopic (exact) mass is 249 g/mol. The predicted octanol–water partition coefficient (Wildman–Crippen LogP) is 2.88. The van der Waals surface area contributed by atoms with Crippen molar-refractivity contribution in [1.82, 2.24) is 0 Å².